The van der Waals surface area contributed by atoms with Gasteiger partial charge >= 0.3 is 7.91 Å². The number of hydrogen-bond donors (Lipinski definition) is 0. The molecule has 0 radical (unpaired) electrons. The molecular weight excluding hydrogens is 163 g/mol. The minimum atomic E-state index is -4.99. The van der Waals surface area contributed by atoms with Crippen LogP contribution in [0.15, 0.2) is 0 Å². The maximum absolute atomic E-state index is 12.0. The highest BCUT2D eigenvalue weighted by atomic mass is 31.2. The molecule has 1 rings (SSSR count). The van der Waals surface area contributed by atoms with Gasteiger partial charge in [-0.05, 0) is 0 Å². The van der Waals surface area contributed by atoms with Crippen molar-refractivity contribution in [3.05, 3.63) is 0 Å². The lowest BCUT2D eigenvalue weighted by Crippen LogP contribution is -2.31. The van der Waals surface area contributed by atoms with Gasteiger partial charge in [-0.3, -0.25) is 0 Å². The van der Waals surface area contributed by atoms with Crippen molar-refractivity contribution in [2.75, 3.05) is 26.3 Å². The number of hydrogen-bond acceptors (Lipinski definition) is 2. The van der Waals surface area contributed by atoms with E-state index in [1.54, 1.807) is 0 Å². The van der Waals surface area contributed by atoms with Crippen molar-refractivity contribution < 1.29 is 17.7 Å². The van der Waals surface area contributed by atoms with Gasteiger partial charge in [0.2, 0.25) is 0 Å². The summed E-state index contributed by atoms with van der Waals surface area (Å²) in [7, 11) is -4.99. The molecule has 10 heavy (non-hydrogen) atoms. The zero-order valence-corrected chi connectivity index (χ0v) is 6.19. The highest BCUT2D eigenvalue weighted by Crippen LogP contribution is 2.52. The van der Waals surface area contributed by atoms with Crippen LogP contribution in [0.4, 0.5) is 8.39 Å². The van der Waals surface area contributed by atoms with Gasteiger partial charge in [0.25, 0.3) is 0 Å². The molecule has 0 aromatic rings. The van der Waals surface area contributed by atoms with Crippen LogP contribution >= 0.6 is 7.91 Å². The molecule has 0 N–H and O–H groups in total. The van der Waals surface area contributed by atoms with Crippen LogP contribution in [0.3, 0.4) is 0 Å². The second-order valence-corrected chi connectivity index (χ2v) is 3.44. The quantitative estimate of drug-likeness (QED) is 0.558. The van der Waals surface area contributed by atoms with Gasteiger partial charge in [0.1, 0.15) is 0 Å². The van der Waals surface area contributed by atoms with Crippen LogP contribution < -0.4 is 0 Å². The summed E-state index contributed by atoms with van der Waals surface area (Å²) in [5.41, 5.74) is 0. The maximum atomic E-state index is 12.0. The lowest BCUT2D eigenvalue weighted by atomic mass is 10.5. The van der Waals surface area contributed by atoms with Crippen molar-refractivity contribution in [2.24, 2.45) is 0 Å². The van der Waals surface area contributed by atoms with Gasteiger partial charge in [0.15, 0.2) is 0 Å². The summed E-state index contributed by atoms with van der Waals surface area (Å²) in [6.07, 6.45) is 0. The van der Waals surface area contributed by atoms with Crippen molar-refractivity contribution in [3.63, 3.8) is 0 Å². The van der Waals surface area contributed by atoms with Crippen LogP contribution in [-0.4, -0.2) is 31.0 Å². The standard InChI is InChI=1S/C4H8F2NO2P/c5-10(6,8)7-1-3-9-4-2-7/h1-4H2. The Balaban J connectivity index is 2.47. The Kier molecular flexibility index (Phi) is 2.39. The summed E-state index contributed by atoms with van der Waals surface area (Å²) >= 11 is 0. The molecule has 0 bridgehead atoms. The van der Waals surface area contributed by atoms with E-state index in [0.717, 1.165) is 0 Å². The molecule has 1 fully saturated rings. The fourth-order valence-corrected chi connectivity index (χ4v) is 1.42. The lowest BCUT2D eigenvalue weighted by molar-refractivity contribution is 0.0668. The smallest absolute Gasteiger partial charge is 0.379 e. The number of halogens is 2. The fourth-order valence-electron chi connectivity index (χ4n) is 0.787. The normalized spacial score (nSPS) is 23.0. The summed E-state index contributed by atoms with van der Waals surface area (Å²) in [6, 6.07) is 0. The predicted octanol–water partition coefficient (Wildman–Crippen LogP) is 1.37. The summed E-state index contributed by atoms with van der Waals surface area (Å²) in [4.78, 5) is 0. The average Bonchev–Trinajstić information content (AvgIpc) is 1.88. The summed E-state index contributed by atoms with van der Waals surface area (Å²) in [5.74, 6) is 0. The highest BCUT2D eigenvalue weighted by molar-refractivity contribution is 7.50. The monoisotopic (exact) mass is 171 g/mol. The van der Waals surface area contributed by atoms with Gasteiger partial charge in [-0.2, -0.15) is 4.67 Å². The van der Waals surface area contributed by atoms with E-state index >= 15 is 0 Å². The fraction of sp³-hybridized carbons (Fsp3) is 1.00. The Hall–Kier alpha value is 0.01000. The van der Waals surface area contributed by atoms with Crippen LogP contribution in [0.25, 0.3) is 0 Å². The molecule has 1 heterocycles. The Morgan fingerprint density at radius 1 is 1.30 bits per heavy atom. The SMILES string of the molecule is O=P(F)(F)N1CCOCC1. The average molecular weight is 171 g/mol. The van der Waals surface area contributed by atoms with Gasteiger partial charge in [0.05, 0.1) is 13.2 Å². The van der Waals surface area contributed by atoms with Crippen molar-refractivity contribution in [1.82, 2.24) is 4.67 Å². The third-order valence-corrected chi connectivity index (χ3v) is 2.38. The summed E-state index contributed by atoms with van der Waals surface area (Å²) < 4.78 is 39.7. The molecule has 0 aromatic heterocycles. The van der Waals surface area contributed by atoms with E-state index in [1.165, 1.54) is 0 Å². The molecular formula is C4H8F2NO2P. The third-order valence-electron chi connectivity index (χ3n) is 1.32. The first-order valence-corrected chi connectivity index (χ1v) is 4.37. The molecule has 0 saturated carbocycles. The molecule has 0 aromatic carbocycles. The van der Waals surface area contributed by atoms with E-state index in [1.807, 2.05) is 0 Å². The Bertz CT molecular complexity index is 153. The number of rotatable bonds is 1. The molecule has 60 valence electrons. The van der Waals surface area contributed by atoms with Crippen molar-refractivity contribution >= 4 is 7.91 Å². The first kappa shape index (κ1) is 8.11. The topological polar surface area (TPSA) is 29.5 Å². The Morgan fingerprint density at radius 3 is 2.10 bits per heavy atom. The molecule has 1 aliphatic rings. The predicted molar refractivity (Wildman–Crippen MR) is 32.2 cm³/mol. The molecule has 0 atom stereocenters. The molecule has 0 unspecified atom stereocenters. The van der Waals surface area contributed by atoms with E-state index in [4.69, 9.17) is 4.74 Å². The number of nitrogens with zero attached hydrogens (tertiary/aromatic N) is 1. The van der Waals surface area contributed by atoms with Crippen LogP contribution in [0, 0.1) is 0 Å². The molecule has 3 nitrogen and oxygen atoms in total. The van der Waals surface area contributed by atoms with E-state index in [2.05, 4.69) is 0 Å². The second-order valence-electron chi connectivity index (χ2n) is 2.00. The molecule has 1 saturated heterocycles. The van der Waals surface area contributed by atoms with E-state index in [0.29, 0.717) is 4.67 Å². The lowest BCUT2D eigenvalue weighted by Gasteiger charge is -2.24. The Labute approximate surface area is 57.6 Å². The van der Waals surface area contributed by atoms with Crippen LogP contribution in [0.1, 0.15) is 0 Å². The molecule has 0 amide bonds. The van der Waals surface area contributed by atoms with Crippen molar-refractivity contribution in [3.8, 4) is 0 Å². The van der Waals surface area contributed by atoms with E-state index in [9.17, 15) is 13.0 Å². The van der Waals surface area contributed by atoms with Gasteiger partial charge in [0, 0.05) is 13.1 Å². The molecule has 1 aliphatic heterocycles. The second kappa shape index (κ2) is 2.95. The zero-order valence-electron chi connectivity index (χ0n) is 5.30. The van der Waals surface area contributed by atoms with E-state index in [-0.39, 0.29) is 26.3 Å². The number of ether oxygens (including phenoxy) is 1. The molecule has 6 heteroatoms. The van der Waals surface area contributed by atoms with E-state index < -0.39 is 7.91 Å². The highest BCUT2D eigenvalue weighted by Gasteiger charge is 2.31. The largest absolute Gasteiger partial charge is 0.483 e. The van der Waals surface area contributed by atoms with Gasteiger partial charge in [-0.15, -0.1) is 8.39 Å². The summed E-state index contributed by atoms with van der Waals surface area (Å²) in [5, 5.41) is 0. The maximum Gasteiger partial charge on any atom is 0.483 e. The van der Waals surface area contributed by atoms with Crippen molar-refractivity contribution in [1.29, 1.82) is 0 Å². The van der Waals surface area contributed by atoms with Gasteiger partial charge in [-0.1, -0.05) is 0 Å². The first-order chi connectivity index (χ1) is 4.61. The minimum Gasteiger partial charge on any atom is -0.379 e. The van der Waals surface area contributed by atoms with Gasteiger partial charge < -0.3 is 4.74 Å². The number of morpholine rings is 1. The van der Waals surface area contributed by atoms with Crippen LogP contribution in [0.2, 0.25) is 0 Å². The van der Waals surface area contributed by atoms with Crippen molar-refractivity contribution in [2.45, 2.75) is 0 Å². The van der Waals surface area contributed by atoms with Crippen LogP contribution in [0.5, 0.6) is 0 Å². The molecule has 0 aliphatic carbocycles. The van der Waals surface area contributed by atoms with Gasteiger partial charge in [-0.25, -0.2) is 4.57 Å². The Morgan fingerprint density at radius 2 is 1.80 bits per heavy atom. The van der Waals surface area contributed by atoms with Crippen LogP contribution in [-0.2, 0) is 9.30 Å². The first-order valence-electron chi connectivity index (χ1n) is 2.93. The minimum absolute atomic E-state index is 0.0737. The zero-order chi connectivity index (χ0) is 7.61. The molecule has 0 spiro atoms. The third kappa shape index (κ3) is 2.01. The summed E-state index contributed by atoms with van der Waals surface area (Å²) in [6.45, 7) is 0.643.